The average Bonchev–Trinajstić information content (AvgIpc) is 3.01. The van der Waals surface area contributed by atoms with Crippen molar-refractivity contribution in [1.82, 2.24) is 9.55 Å². The summed E-state index contributed by atoms with van der Waals surface area (Å²) in [4.78, 5) is 16.9. The number of carbonyl (C=O) groups excluding carboxylic acids is 1. The number of halogens is 1. The minimum absolute atomic E-state index is 0.00405. The molecule has 3 rings (SSSR count). The lowest BCUT2D eigenvalue weighted by atomic mass is 10.1. The van der Waals surface area contributed by atoms with Crippen molar-refractivity contribution in [3.05, 3.63) is 52.7 Å². The van der Waals surface area contributed by atoms with Gasteiger partial charge in [0.2, 0.25) is 0 Å². The van der Waals surface area contributed by atoms with Crippen LogP contribution in [0.5, 0.6) is 0 Å². The first-order valence-corrected chi connectivity index (χ1v) is 7.20. The van der Waals surface area contributed by atoms with Gasteiger partial charge in [0, 0.05) is 6.54 Å². The van der Waals surface area contributed by atoms with Crippen molar-refractivity contribution < 1.29 is 9.21 Å². The van der Waals surface area contributed by atoms with Crippen LogP contribution in [0.3, 0.4) is 0 Å². The van der Waals surface area contributed by atoms with Crippen molar-refractivity contribution in [2.75, 3.05) is 0 Å². The van der Waals surface area contributed by atoms with Crippen molar-refractivity contribution in [1.29, 1.82) is 0 Å². The summed E-state index contributed by atoms with van der Waals surface area (Å²) in [7, 11) is 0. The number of fused-ring (bicyclic) bond motifs is 1. The molecule has 102 valence electrons. The minimum atomic E-state index is -0.00405. The van der Waals surface area contributed by atoms with Crippen molar-refractivity contribution >= 4 is 32.7 Å². The highest BCUT2D eigenvalue weighted by atomic mass is 79.9. The van der Waals surface area contributed by atoms with Crippen LogP contribution in [0.1, 0.15) is 23.1 Å². The van der Waals surface area contributed by atoms with Gasteiger partial charge in [-0.05, 0) is 41.1 Å². The van der Waals surface area contributed by atoms with Gasteiger partial charge in [0.1, 0.15) is 5.82 Å². The molecule has 2 aromatic heterocycles. The zero-order valence-corrected chi connectivity index (χ0v) is 12.6. The molecule has 4 nitrogen and oxygen atoms in total. The summed E-state index contributed by atoms with van der Waals surface area (Å²) in [5, 5.41) is 0. The molecule has 0 spiro atoms. The normalized spacial score (nSPS) is 11.1. The Morgan fingerprint density at radius 3 is 2.85 bits per heavy atom. The van der Waals surface area contributed by atoms with Gasteiger partial charge in [-0.3, -0.25) is 4.79 Å². The molecule has 0 unspecified atom stereocenters. The van der Waals surface area contributed by atoms with E-state index in [0.717, 1.165) is 23.4 Å². The highest BCUT2D eigenvalue weighted by molar-refractivity contribution is 9.10. The van der Waals surface area contributed by atoms with Gasteiger partial charge < -0.3 is 8.98 Å². The number of aryl methyl sites for hydroxylation is 1. The first kappa shape index (κ1) is 13.1. The van der Waals surface area contributed by atoms with Crippen LogP contribution >= 0.6 is 15.9 Å². The molecular formula is C15H13BrN2O2. The first-order chi connectivity index (χ1) is 9.70. The maximum absolute atomic E-state index is 12.3. The molecule has 0 N–H and O–H groups in total. The van der Waals surface area contributed by atoms with Gasteiger partial charge in [-0.2, -0.15) is 0 Å². The van der Waals surface area contributed by atoms with Crippen molar-refractivity contribution in [3.8, 4) is 0 Å². The van der Waals surface area contributed by atoms with Crippen LogP contribution in [-0.2, 0) is 13.0 Å². The van der Waals surface area contributed by atoms with E-state index in [1.165, 1.54) is 6.26 Å². The standard InChI is InChI=1S/C15H13BrN2O2/c1-2-18-12-6-4-3-5-11(12)17-14(18)9-13(19)10-7-8-20-15(10)16/h3-8H,2,9H2,1H3. The number of para-hydroxylation sites is 2. The molecule has 0 saturated carbocycles. The average molecular weight is 333 g/mol. The highest BCUT2D eigenvalue weighted by Crippen LogP contribution is 2.21. The van der Waals surface area contributed by atoms with Crippen molar-refractivity contribution in [2.45, 2.75) is 19.9 Å². The van der Waals surface area contributed by atoms with E-state index in [0.29, 0.717) is 10.2 Å². The Bertz CT molecular complexity index is 773. The summed E-state index contributed by atoms with van der Waals surface area (Å²) < 4.78 is 7.65. The number of carbonyl (C=O) groups is 1. The van der Waals surface area contributed by atoms with Gasteiger partial charge in [-0.1, -0.05) is 12.1 Å². The zero-order valence-electron chi connectivity index (χ0n) is 11.0. The Kier molecular flexibility index (Phi) is 3.44. The number of nitrogens with zero attached hydrogens (tertiary/aromatic N) is 2. The maximum atomic E-state index is 12.3. The van der Waals surface area contributed by atoms with E-state index >= 15 is 0 Å². The fraction of sp³-hybridized carbons (Fsp3) is 0.200. The van der Waals surface area contributed by atoms with E-state index in [9.17, 15) is 4.79 Å². The Balaban J connectivity index is 1.99. The monoisotopic (exact) mass is 332 g/mol. The molecule has 0 aliphatic carbocycles. The van der Waals surface area contributed by atoms with Crippen LogP contribution in [0.25, 0.3) is 11.0 Å². The molecule has 0 fully saturated rings. The summed E-state index contributed by atoms with van der Waals surface area (Å²) in [5.41, 5.74) is 2.53. The molecule has 0 bridgehead atoms. The molecule has 2 heterocycles. The van der Waals surface area contributed by atoms with Crippen LogP contribution in [-0.4, -0.2) is 15.3 Å². The Morgan fingerprint density at radius 1 is 1.35 bits per heavy atom. The Hall–Kier alpha value is -1.88. The fourth-order valence-electron chi connectivity index (χ4n) is 2.35. The number of aromatic nitrogens is 2. The van der Waals surface area contributed by atoms with E-state index in [2.05, 4.69) is 32.4 Å². The number of rotatable bonds is 4. The number of Topliss-reactive ketones (excluding diaryl/α,β-unsaturated/α-hetero) is 1. The summed E-state index contributed by atoms with van der Waals surface area (Å²) in [6.07, 6.45) is 1.76. The van der Waals surface area contributed by atoms with Crippen molar-refractivity contribution in [2.24, 2.45) is 0 Å². The van der Waals surface area contributed by atoms with Crippen LogP contribution < -0.4 is 0 Å². The molecule has 3 aromatic rings. The van der Waals surface area contributed by atoms with Crippen LogP contribution in [0.4, 0.5) is 0 Å². The second-order valence-corrected chi connectivity index (χ2v) is 5.19. The third-order valence-electron chi connectivity index (χ3n) is 3.29. The Morgan fingerprint density at radius 2 is 2.15 bits per heavy atom. The van der Waals surface area contributed by atoms with E-state index in [1.54, 1.807) is 6.07 Å². The smallest absolute Gasteiger partial charge is 0.179 e. The number of benzene rings is 1. The Labute approximate surface area is 124 Å². The molecule has 0 atom stereocenters. The van der Waals surface area contributed by atoms with Gasteiger partial charge in [0.25, 0.3) is 0 Å². The molecule has 0 amide bonds. The number of ketones is 1. The molecule has 0 aliphatic rings. The predicted octanol–water partition coefficient (Wildman–Crippen LogP) is 3.84. The van der Waals surface area contributed by atoms with Gasteiger partial charge >= 0.3 is 0 Å². The lowest BCUT2D eigenvalue weighted by Gasteiger charge is -2.04. The number of furan rings is 1. The van der Waals surface area contributed by atoms with E-state index < -0.39 is 0 Å². The minimum Gasteiger partial charge on any atom is -0.457 e. The highest BCUT2D eigenvalue weighted by Gasteiger charge is 2.17. The summed E-state index contributed by atoms with van der Waals surface area (Å²) >= 11 is 3.24. The van der Waals surface area contributed by atoms with Gasteiger partial charge in [0.15, 0.2) is 10.5 Å². The topological polar surface area (TPSA) is 48.0 Å². The van der Waals surface area contributed by atoms with Gasteiger partial charge in [-0.15, -0.1) is 0 Å². The molecule has 0 aliphatic heterocycles. The first-order valence-electron chi connectivity index (χ1n) is 6.41. The lowest BCUT2D eigenvalue weighted by Crippen LogP contribution is -2.09. The molecule has 20 heavy (non-hydrogen) atoms. The van der Waals surface area contributed by atoms with Crippen LogP contribution in [0.15, 0.2) is 45.7 Å². The maximum Gasteiger partial charge on any atom is 0.179 e. The van der Waals surface area contributed by atoms with E-state index in [4.69, 9.17) is 4.42 Å². The van der Waals surface area contributed by atoms with E-state index in [1.807, 2.05) is 24.3 Å². The number of imidazole rings is 1. The summed E-state index contributed by atoms with van der Waals surface area (Å²) in [6.45, 7) is 2.84. The summed E-state index contributed by atoms with van der Waals surface area (Å²) in [6, 6.07) is 9.59. The van der Waals surface area contributed by atoms with Crippen molar-refractivity contribution in [3.63, 3.8) is 0 Å². The van der Waals surface area contributed by atoms with Gasteiger partial charge in [0.05, 0.1) is 29.3 Å². The third kappa shape index (κ3) is 2.18. The number of hydrogen-bond donors (Lipinski definition) is 0. The largest absolute Gasteiger partial charge is 0.457 e. The molecular weight excluding hydrogens is 320 g/mol. The van der Waals surface area contributed by atoms with Crippen LogP contribution in [0, 0.1) is 0 Å². The summed E-state index contributed by atoms with van der Waals surface area (Å²) in [5.74, 6) is 0.780. The van der Waals surface area contributed by atoms with E-state index in [-0.39, 0.29) is 12.2 Å². The number of hydrogen-bond acceptors (Lipinski definition) is 3. The van der Waals surface area contributed by atoms with Crippen LogP contribution in [0.2, 0.25) is 0 Å². The zero-order chi connectivity index (χ0) is 14.1. The van der Waals surface area contributed by atoms with Gasteiger partial charge in [-0.25, -0.2) is 4.98 Å². The third-order valence-corrected chi connectivity index (χ3v) is 3.90. The fourth-order valence-corrected chi connectivity index (χ4v) is 2.81. The molecule has 0 radical (unpaired) electrons. The predicted molar refractivity (Wildman–Crippen MR) is 79.8 cm³/mol. The second kappa shape index (κ2) is 5.25. The quantitative estimate of drug-likeness (QED) is 0.682. The molecule has 0 saturated heterocycles. The SMILES string of the molecule is CCn1c(CC(=O)c2ccoc2Br)nc2ccccc21. The molecule has 1 aromatic carbocycles. The second-order valence-electron chi connectivity index (χ2n) is 4.47. The molecule has 5 heteroatoms. The lowest BCUT2D eigenvalue weighted by molar-refractivity contribution is 0.0988.